The van der Waals surface area contributed by atoms with Crippen molar-refractivity contribution in [2.75, 3.05) is 20.0 Å². The Kier molecular flexibility index (Phi) is 13.5. The van der Waals surface area contributed by atoms with E-state index < -0.39 is 0 Å². The zero-order chi connectivity index (χ0) is 22.9. The van der Waals surface area contributed by atoms with E-state index in [0.717, 1.165) is 42.3 Å². The zero-order valence-corrected chi connectivity index (χ0v) is 20.5. The van der Waals surface area contributed by atoms with Crippen molar-refractivity contribution in [1.82, 2.24) is 4.98 Å². The Morgan fingerprint density at radius 3 is 2.31 bits per heavy atom. The minimum absolute atomic E-state index is 0.240. The second-order valence-electron chi connectivity index (χ2n) is 8.72. The van der Waals surface area contributed by atoms with Crippen LogP contribution in [-0.4, -0.2) is 25.0 Å². The summed E-state index contributed by atoms with van der Waals surface area (Å²) in [7, 11) is 0. The predicted molar refractivity (Wildman–Crippen MR) is 133 cm³/mol. The molecule has 0 bridgehead atoms. The maximum atomic E-state index is 6.25. The van der Waals surface area contributed by atoms with Crippen molar-refractivity contribution in [3.63, 3.8) is 0 Å². The molecular formula is C28H43NO3. The lowest BCUT2D eigenvalue weighted by molar-refractivity contribution is 0.0136. The number of para-hydroxylation sites is 1. The van der Waals surface area contributed by atoms with E-state index in [2.05, 4.69) is 31.8 Å². The third kappa shape index (κ3) is 10.0. The van der Waals surface area contributed by atoms with Gasteiger partial charge in [0.1, 0.15) is 11.5 Å². The summed E-state index contributed by atoms with van der Waals surface area (Å²) in [5, 5.41) is 0. The molecule has 1 aromatic heterocycles. The fourth-order valence-corrected chi connectivity index (χ4v) is 3.74. The van der Waals surface area contributed by atoms with Crippen molar-refractivity contribution < 1.29 is 14.2 Å². The molecule has 0 N–H and O–H groups in total. The SMILES string of the molecule is CCCCCCCOCOc1cnccc1-c1ccccc1OCC(C)CCCCCC. The molecule has 0 spiro atoms. The van der Waals surface area contributed by atoms with Gasteiger partial charge in [0.15, 0.2) is 6.79 Å². The van der Waals surface area contributed by atoms with Crippen LogP contribution in [0.15, 0.2) is 42.7 Å². The summed E-state index contributed by atoms with van der Waals surface area (Å²) in [5.74, 6) is 2.15. The van der Waals surface area contributed by atoms with Gasteiger partial charge in [0, 0.05) is 17.3 Å². The number of ether oxygens (including phenoxy) is 3. The van der Waals surface area contributed by atoms with Gasteiger partial charge in [-0.15, -0.1) is 0 Å². The second kappa shape index (κ2) is 16.5. The fraction of sp³-hybridized carbons (Fsp3) is 0.607. The number of hydrogen-bond donors (Lipinski definition) is 0. The second-order valence-corrected chi connectivity index (χ2v) is 8.72. The molecule has 4 nitrogen and oxygen atoms in total. The first kappa shape index (κ1) is 26.2. The number of rotatable bonds is 18. The number of aromatic nitrogens is 1. The van der Waals surface area contributed by atoms with Gasteiger partial charge in [0.25, 0.3) is 0 Å². The Labute approximate surface area is 195 Å². The van der Waals surface area contributed by atoms with E-state index in [1.807, 2.05) is 24.3 Å². The number of unbranched alkanes of at least 4 members (excludes halogenated alkanes) is 7. The minimum atomic E-state index is 0.240. The van der Waals surface area contributed by atoms with Crippen molar-refractivity contribution in [3.8, 4) is 22.6 Å². The van der Waals surface area contributed by atoms with Gasteiger partial charge in [0.05, 0.1) is 19.4 Å². The monoisotopic (exact) mass is 441 g/mol. The van der Waals surface area contributed by atoms with E-state index in [9.17, 15) is 0 Å². The maximum absolute atomic E-state index is 6.25. The van der Waals surface area contributed by atoms with Crippen LogP contribution in [0, 0.1) is 5.92 Å². The molecule has 1 atom stereocenters. The molecule has 0 aliphatic heterocycles. The summed E-state index contributed by atoms with van der Waals surface area (Å²) in [4.78, 5) is 4.25. The van der Waals surface area contributed by atoms with Crippen LogP contribution in [0.1, 0.15) is 85.0 Å². The average Bonchev–Trinajstić information content (AvgIpc) is 2.83. The molecular weight excluding hydrogens is 398 g/mol. The van der Waals surface area contributed by atoms with Crippen LogP contribution in [0.5, 0.6) is 11.5 Å². The molecule has 0 aliphatic carbocycles. The van der Waals surface area contributed by atoms with Crippen molar-refractivity contribution in [3.05, 3.63) is 42.7 Å². The molecule has 0 amide bonds. The standard InChI is InChI=1S/C28H43NO3/c1-4-6-8-10-14-20-30-23-32-28-21-29-19-18-26(28)25-16-12-13-17-27(25)31-22-24(3)15-11-9-7-5-2/h12-13,16-19,21,24H,4-11,14-15,20,22-23H2,1-3H3. The zero-order valence-electron chi connectivity index (χ0n) is 20.5. The molecule has 0 aliphatic rings. The number of hydrogen-bond acceptors (Lipinski definition) is 4. The highest BCUT2D eigenvalue weighted by Gasteiger charge is 2.13. The maximum Gasteiger partial charge on any atom is 0.189 e. The fourth-order valence-electron chi connectivity index (χ4n) is 3.74. The van der Waals surface area contributed by atoms with E-state index in [0.29, 0.717) is 5.92 Å². The van der Waals surface area contributed by atoms with Gasteiger partial charge in [-0.1, -0.05) is 90.3 Å². The minimum Gasteiger partial charge on any atom is -0.493 e. The lowest BCUT2D eigenvalue weighted by Gasteiger charge is -2.17. The van der Waals surface area contributed by atoms with Gasteiger partial charge in [-0.3, -0.25) is 4.98 Å². The largest absolute Gasteiger partial charge is 0.493 e. The van der Waals surface area contributed by atoms with Crippen LogP contribution in [0.25, 0.3) is 11.1 Å². The molecule has 1 unspecified atom stereocenters. The smallest absolute Gasteiger partial charge is 0.189 e. The molecule has 0 saturated carbocycles. The average molecular weight is 442 g/mol. The Balaban J connectivity index is 1.89. The van der Waals surface area contributed by atoms with Crippen LogP contribution in [0.2, 0.25) is 0 Å². The third-order valence-corrected chi connectivity index (χ3v) is 5.73. The summed E-state index contributed by atoms with van der Waals surface area (Å²) >= 11 is 0. The van der Waals surface area contributed by atoms with Crippen LogP contribution >= 0.6 is 0 Å². The Morgan fingerprint density at radius 2 is 1.50 bits per heavy atom. The Bertz CT molecular complexity index is 734. The van der Waals surface area contributed by atoms with Gasteiger partial charge in [-0.05, 0) is 30.9 Å². The third-order valence-electron chi connectivity index (χ3n) is 5.73. The van der Waals surface area contributed by atoms with Gasteiger partial charge < -0.3 is 14.2 Å². The lowest BCUT2D eigenvalue weighted by Crippen LogP contribution is -2.09. The molecule has 1 aromatic carbocycles. The molecule has 0 saturated heterocycles. The molecule has 4 heteroatoms. The van der Waals surface area contributed by atoms with E-state index in [1.165, 1.54) is 57.8 Å². The summed E-state index contributed by atoms with van der Waals surface area (Å²) in [5.41, 5.74) is 2.01. The summed E-state index contributed by atoms with van der Waals surface area (Å²) in [6, 6.07) is 10.2. The number of benzene rings is 1. The van der Waals surface area contributed by atoms with Gasteiger partial charge in [0.2, 0.25) is 0 Å². The Hall–Kier alpha value is -2.07. The lowest BCUT2D eigenvalue weighted by atomic mass is 10.0. The molecule has 1 heterocycles. The topological polar surface area (TPSA) is 40.6 Å². The van der Waals surface area contributed by atoms with E-state index in [-0.39, 0.29) is 6.79 Å². The van der Waals surface area contributed by atoms with Crippen molar-refractivity contribution in [2.45, 2.75) is 85.0 Å². The molecule has 0 radical (unpaired) electrons. The first-order valence-electron chi connectivity index (χ1n) is 12.6. The van der Waals surface area contributed by atoms with Crippen LogP contribution in [-0.2, 0) is 4.74 Å². The molecule has 2 aromatic rings. The molecule has 178 valence electrons. The van der Waals surface area contributed by atoms with Gasteiger partial charge in [-0.2, -0.15) is 0 Å². The van der Waals surface area contributed by atoms with Crippen molar-refractivity contribution in [1.29, 1.82) is 0 Å². The first-order valence-corrected chi connectivity index (χ1v) is 12.6. The van der Waals surface area contributed by atoms with Crippen molar-refractivity contribution in [2.24, 2.45) is 5.92 Å². The Morgan fingerprint density at radius 1 is 0.781 bits per heavy atom. The quantitative estimate of drug-likeness (QED) is 0.173. The van der Waals surface area contributed by atoms with Crippen LogP contribution < -0.4 is 9.47 Å². The first-order chi connectivity index (χ1) is 15.8. The molecule has 0 fully saturated rings. The van der Waals surface area contributed by atoms with Crippen LogP contribution in [0.4, 0.5) is 0 Å². The number of nitrogens with zero attached hydrogens (tertiary/aromatic N) is 1. The summed E-state index contributed by atoms with van der Waals surface area (Å²) < 4.78 is 17.9. The summed E-state index contributed by atoms with van der Waals surface area (Å²) in [6.45, 7) is 8.45. The summed E-state index contributed by atoms with van der Waals surface area (Å²) in [6.07, 6.45) is 16.1. The van der Waals surface area contributed by atoms with Crippen LogP contribution in [0.3, 0.4) is 0 Å². The molecule has 2 rings (SSSR count). The normalized spacial score (nSPS) is 12.0. The van der Waals surface area contributed by atoms with E-state index in [1.54, 1.807) is 12.4 Å². The van der Waals surface area contributed by atoms with E-state index >= 15 is 0 Å². The highest BCUT2D eigenvalue weighted by atomic mass is 16.7. The van der Waals surface area contributed by atoms with Crippen molar-refractivity contribution >= 4 is 0 Å². The predicted octanol–water partition coefficient (Wildman–Crippen LogP) is 8.06. The van der Waals surface area contributed by atoms with Gasteiger partial charge in [-0.25, -0.2) is 0 Å². The highest BCUT2D eigenvalue weighted by Crippen LogP contribution is 2.36. The number of pyridine rings is 1. The highest BCUT2D eigenvalue weighted by molar-refractivity contribution is 5.75. The molecule has 32 heavy (non-hydrogen) atoms. The van der Waals surface area contributed by atoms with E-state index in [4.69, 9.17) is 14.2 Å². The van der Waals surface area contributed by atoms with Gasteiger partial charge >= 0.3 is 0 Å².